The van der Waals surface area contributed by atoms with Crippen LogP contribution in [0, 0.1) is 5.41 Å². The van der Waals surface area contributed by atoms with Gasteiger partial charge in [0, 0.05) is 23.9 Å². The number of nitrogens with one attached hydrogen (secondary N) is 4. The molecule has 160 valence electrons. The van der Waals surface area contributed by atoms with Crippen molar-refractivity contribution in [1.29, 1.82) is 5.41 Å². The molecule has 3 amide bonds. The molecule has 8 nitrogen and oxygen atoms in total. The summed E-state index contributed by atoms with van der Waals surface area (Å²) in [4.78, 5) is 36.0. The van der Waals surface area contributed by atoms with Crippen LogP contribution >= 0.6 is 0 Å². The predicted molar refractivity (Wildman–Crippen MR) is 112 cm³/mol. The van der Waals surface area contributed by atoms with Gasteiger partial charge in [-0.1, -0.05) is 32.9 Å². The first-order chi connectivity index (χ1) is 13.3. The van der Waals surface area contributed by atoms with Gasteiger partial charge < -0.3 is 20.7 Å². The summed E-state index contributed by atoms with van der Waals surface area (Å²) in [6.45, 7) is 11.2. The van der Waals surface area contributed by atoms with Crippen LogP contribution in [0.4, 0.5) is 4.79 Å². The Bertz CT molecular complexity index is 766. The van der Waals surface area contributed by atoms with Gasteiger partial charge in [0.2, 0.25) is 5.91 Å². The Morgan fingerprint density at radius 3 is 2.31 bits per heavy atom. The van der Waals surface area contributed by atoms with Crippen molar-refractivity contribution in [2.75, 3.05) is 13.1 Å². The van der Waals surface area contributed by atoms with Crippen molar-refractivity contribution in [1.82, 2.24) is 16.0 Å². The number of benzene rings is 1. The lowest BCUT2D eigenvalue weighted by Gasteiger charge is -2.27. The van der Waals surface area contributed by atoms with Gasteiger partial charge in [-0.15, -0.1) is 0 Å². The van der Waals surface area contributed by atoms with Gasteiger partial charge in [0.25, 0.3) is 5.91 Å². The molecule has 0 aromatic heterocycles. The van der Waals surface area contributed by atoms with Crippen LogP contribution in [0.25, 0.3) is 0 Å². The number of carbonyl (C=O) groups excluding carboxylic acids is 3. The molecular formula is C21H32N4O4. The second-order valence-electron chi connectivity index (χ2n) is 8.38. The van der Waals surface area contributed by atoms with Crippen LogP contribution in [0.2, 0.25) is 0 Å². The van der Waals surface area contributed by atoms with Crippen LogP contribution in [-0.2, 0) is 14.9 Å². The number of amides is 3. The predicted octanol–water partition coefficient (Wildman–Crippen LogP) is 2.72. The number of alkyl carbamates (subject to hydrolysis) is 1. The van der Waals surface area contributed by atoms with Crippen molar-refractivity contribution in [3.8, 4) is 0 Å². The topological polar surface area (TPSA) is 120 Å². The van der Waals surface area contributed by atoms with E-state index in [1.54, 1.807) is 45.9 Å². The van der Waals surface area contributed by atoms with E-state index in [1.165, 1.54) is 0 Å². The Labute approximate surface area is 172 Å². The van der Waals surface area contributed by atoms with E-state index in [-0.39, 0.29) is 18.3 Å². The number of amidine groups is 1. The molecule has 29 heavy (non-hydrogen) atoms. The molecule has 0 atom stereocenters. The maximum Gasteiger partial charge on any atom is 0.407 e. The standard InChI is InChI=1S/C21H32N4O4/c1-7-16(22)25-17(26)12-23-18(27)14-9-8-10-15(11-14)21(5,6)13-24-19(28)29-20(2,3)4/h8-11H,7,12-13H2,1-6H3,(H,23,27)(H,24,28)(H2,22,25,26). The Morgan fingerprint density at radius 1 is 1.07 bits per heavy atom. The fraction of sp³-hybridized carbons (Fsp3) is 0.524. The molecule has 1 aromatic carbocycles. The van der Waals surface area contributed by atoms with Gasteiger partial charge in [0.1, 0.15) is 5.60 Å². The quantitative estimate of drug-likeness (QED) is 0.412. The number of hydrogen-bond acceptors (Lipinski definition) is 5. The third-order valence-corrected chi connectivity index (χ3v) is 4.03. The first kappa shape index (κ1) is 24.1. The fourth-order valence-electron chi connectivity index (χ4n) is 2.35. The van der Waals surface area contributed by atoms with Crippen LogP contribution < -0.4 is 16.0 Å². The monoisotopic (exact) mass is 404 g/mol. The molecule has 0 saturated carbocycles. The molecule has 0 radical (unpaired) electrons. The minimum absolute atomic E-state index is 0.102. The number of hydrogen-bond donors (Lipinski definition) is 4. The van der Waals surface area contributed by atoms with E-state index in [9.17, 15) is 14.4 Å². The third-order valence-electron chi connectivity index (χ3n) is 4.03. The van der Waals surface area contributed by atoms with Crippen molar-refractivity contribution in [2.24, 2.45) is 0 Å². The normalized spacial score (nSPS) is 11.4. The summed E-state index contributed by atoms with van der Waals surface area (Å²) in [5, 5.41) is 15.1. The van der Waals surface area contributed by atoms with E-state index in [2.05, 4.69) is 16.0 Å². The smallest absolute Gasteiger partial charge is 0.407 e. The molecular weight excluding hydrogens is 372 g/mol. The van der Waals surface area contributed by atoms with Crippen LogP contribution in [0.15, 0.2) is 24.3 Å². The van der Waals surface area contributed by atoms with Crippen LogP contribution in [0.1, 0.15) is 63.9 Å². The van der Waals surface area contributed by atoms with Gasteiger partial charge in [-0.2, -0.15) is 0 Å². The molecule has 0 spiro atoms. The lowest BCUT2D eigenvalue weighted by atomic mass is 9.84. The van der Waals surface area contributed by atoms with Crippen molar-refractivity contribution in [2.45, 2.75) is 59.0 Å². The zero-order valence-electron chi connectivity index (χ0n) is 18.1. The van der Waals surface area contributed by atoms with Crippen LogP contribution in [0.5, 0.6) is 0 Å². The van der Waals surface area contributed by atoms with Crippen molar-refractivity contribution >= 4 is 23.7 Å². The summed E-state index contributed by atoms with van der Waals surface area (Å²) in [6, 6.07) is 7.02. The Kier molecular flexibility index (Phi) is 8.36. The molecule has 0 unspecified atom stereocenters. The zero-order valence-corrected chi connectivity index (χ0v) is 18.1. The second kappa shape index (κ2) is 10.0. The van der Waals surface area contributed by atoms with Crippen molar-refractivity contribution in [3.63, 3.8) is 0 Å². The van der Waals surface area contributed by atoms with Crippen LogP contribution in [-0.4, -0.2) is 42.4 Å². The second-order valence-corrected chi connectivity index (χ2v) is 8.38. The van der Waals surface area contributed by atoms with Crippen molar-refractivity contribution in [3.05, 3.63) is 35.4 Å². The molecule has 8 heteroatoms. The Balaban J connectivity index is 2.72. The highest BCUT2D eigenvalue weighted by Crippen LogP contribution is 2.23. The van der Waals surface area contributed by atoms with Gasteiger partial charge in [-0.3, -0.25) is 15.0 Å². The molecule has 4 N–H and O–H groups in total. The summed E-state index contributed by atoms with van der Waals surface area (Å²) in [5.74, 6) is -0.727. The molecule has 0 heterocycles. The van der Waals surface area contributed by atoms with E-state index in [0.717, 1.165) is 5.56 Å². The molecule has 0 bridgehead atoms. The Hall–Kier alpha value is -2.90. The van der Waals surface area contributed by atoms with E-state index in [0.29, 0.717) is 18.5 Å². The van der Waals surface area contributed by atoms with Crippen molar-refractivity contribution < 1.29 is 19.1 Å². The zero-order chi connectivity index (χ0) is 22.2. The number of ether oxygens (including phenoxy) is 1. The summed E-state index contributed by atoms with van der Waals surface area (Å²) < 4.78 is 5.25. The van der Waals surface area contributed by atoms with E-state index in [1.807, 2.05) is 19.9 Å². The molecule has 1 rings (SSSR count). The minimum Gasteiger partial charge on any atom is -0.444 e. The van der Waals surface area contributed by atoms with Gasteiger partial charge in [0.15, 0.2) is 0 Å². The van der Waals surface area contributed by atoms with E-state index >= 15 is 0 Å². The average molecular weight is 405 g/mol. The first-order valence-corrected chi connectivity index (χ1v) is 9.57. The summed E-state index contributed by atoms with van der Waals surface area (Å²) in [7, 11) is 0. The number of carbonyl (C=O) groups is 3. The SMILES string of the molecule is CCC(=N)NC(=O)CNC(=O)c1cccc(C(C)(C)CNC(=O)OC(C)(C)C)c1. The highest BCUT2D eigenvalue weighted by atomic mass is 16.6. The molecule has 0 aliphatic rings. The highest BCUT2D eigenvalue weighted by molar-refractivity contribution is 6.00. The fourth-order valence-corrected chi connectivity index (χ4v) is 2.35. The third kappa shape index (κ3) is 8.76. The number of rotatable bonds is 7. The van der Waals surface area contributed by atoms with Crippen LogP contribution in [0.3, 0.4) is 0 Å². The van der Waals surface area contributed by atoms with E-state index in [4.69, 9.17) is 10.1 Å². The maximum atomic E-state index is 12.4. The lowest BCUT2D eigenvalue weighted by molar-refractivity contribution is -0.118. The molecule has 0 fully saturated rings. The summed E-state index contributed by atoms with van der Waals surface area (Å²) in [6.07, 6.45) is -0.0862. The molecule has 0 aliphatic heterocycles. The van der Waals surface area contributed by atoms with Gasteiger partial charge in [-0.05, 0) is 38.5 Å². The average Bonchev–Trinajstić information content (AvgIpc) is 2.63. The summed E-state index contributed by atoms with van der Waals surface area (Å²) >= 11 is 0. The highest BCUT2D eigenvalue weighted by Gasteiger charge is 2.24. The van der Waals surface area contributed by atoms with Gasteiger partial charge in [0.05, 0.1) is 12.4 Å². The maximum absolute atomic E-state index is 12.4. The minimum atomic E-state index is -0.575. The molecule has 0 saturated heterocycles. The van der Waals surface area contributed by atoms with Gasteiger partial charge >= 0.3 is 6.09 Å². The molecule has 0 aliphatic carbocycles. The first-order valence-electron chi connectivity index (χ1n) is 9.57. The van der Waals surface area contributed by atoms with E-state index < -0.39 is 23.0 Å². The summed E-state index contributed by atoms with van der Waals surface area (Å²) in [5.41, 5.74) is 0.249. The van der Waals surface area contributed by atoms with Gasteiger partial charge in [-0.25, -0.2) is 4.79 Å². The lowest BCUT2D eigenvalue weighted by Crippen LogP contribution is -2.40. The largest absolute Gasteiger partial charge is 0.444 e. The Morgan fingerprint density at radius 2 is 1.72 bits per heavy atom. The molecule has 1 aromatic rings.